The summed E-state index contributed by atoms with van der Waals surface area (Å²) in [7, 11) is 0. The Hall–Kier alpha value is -2.13. The van der Waals surface area contributed by atoms with Crippen LogP contribution in [-0.2, 0) is 4.79 Å². The Morgan fingerprint density at radius 3 is 2.44 bits per heavy atom. The van der Waals surface area contributed by atoms with Crippen molar-refractivity contribution in [2.24, 2.45) is 5.92 Å². The number of unbranched alkanes of at least 4 members (excludes halogenated alkanes) is 1. The van der Waals surface area contributed by atoms with E-state index in [2.05, 4.69) is 12.2 Å². The molecule has 2 aromatic carbocycles. The molecule has 0 fully saturated rings. The summed E-state index contributed by atoms with van der Waals surface area (Å²) in [5.74, 6) is -0.240. The molecule has 0 aliphatic heterocycles. The smallest absolute Gasteiger partial charge is 0.227 e. The van der Waals surface area contributed by atoms with Gasteiger partial charge in [0.2, 0.25) is 5.91 Å². The molecule has 4 heteroatoms. The van der Waals surface area contributed by atoms with Crippen molar-refractivity contribution in [3.63, 3.8) is 0 Å². The normalized spacial score (nSPS) is 11.8. The molecule has 0 aromatic heterocycles. The Morgan fingerprint density at radius 1 is 1.08 bits per heavy atom. The molecule has 0 bridgehead atoms. The third-order valence-electron chi connectivity index (χ3n) is 4.29. The minimum atomic E-state index is -0.153. The minimum absolute atomic E-state index is 0.0413. The lowest BCUT2D eigenvalue weighted by atomic mass is 9.97. The number of anilines is 1. The van der Waals surface area contributed by atoms with E-state index in [1.54, 1.807) is 30.3 Å². The van der Waals surface area contributed by atoms with E-state index >= 15 is 0 Å². The van der Waals surface area contributed by atoms with Gasteiger partial charge in [0.1, 0.15) is 0 Å². The minimum Gasteiger partial charge on any atom is -0.325 e. The molecule has 0 heterocycles. The number of benzene rings is 2. The van der Waals surface area contributed by atoms with Gasteiger partial charge in [0.15, 0.2) is 5.78 Å². The topological polar surface area (TPSA) is 46.2 Å². The summed E-state index contributed by atoms with van der Waals surface area (Å²) < 4.78 is 0. The predicted octanol–water partition coefficient (Wildman–Crippen LogP) is 5.73. The Balaban J connectivity index is 2.26. The average Bonchev–Trinajstić information content (AvgIpc) is 2.64. The number of amides is 1. The molecule has 1 atom stereocenters. The van der Waals surface area contributed by atoms with Gasteiger partial charge in [-0.3, -0.25) is 9.59 Å². The van der Waals surface area contributed by atoms with Gasteiger partial charge in [0.25, 0.3) is 0 Å². The zero-order chi connectivity index (χ0) is 18.2. The van der Waals surface area contributed by atoms with Crippen LogP contribution in [0, 0.1) is 5.92 Å². The molecular weight excluding hydrogens is 334 g/mol. The highest BCUT2D eigenvalue weighted by atomic mass is 35.5. The third-order valence-corrected chi connectivity index (χ3v) is 4.52. The van der Waals surface area contributed by atoms with E-state index in [1.807, 2.05) is 25.1 Å². The molecule has 1 amide bonds. The van der Waals surface area contributed by atoms with E-state index in [9.17, 15) is 9.59 Å². The number of rotatable bonds is 8. The first kappa shape index (κ1) is 19.2. The lowest BCUT2D eigenvalue weighted by Gasteiger charge is -2.16. The van der Waals surface area contributed by atoms with Crippen LogP contribution >= 0.6 is 11.6 Å². The Bertz CT molecular complexity index is 728. The number of halogens is 1. The monoisotopic (exact) mass is 357 g/mol. The lowest BCUT2D eigenvalue weighted by molar-refractivity contribution is -0.120. The van der Waals surface area contributed by atoms with Crippen LogP contribution in [0.3, 0.4) is 0 Å². The van der Waals surface area contributed by atoms with E-state index < -0.39 is 0 Å². The summed E-state index contributed by atoms with van der Waals surface area (Å²) in [5.41, 5.74) is 1.49. The fourth-order valence-corrected chi connectivity index (χ4v) is 2.94. The second kappa shape index (κ2) is 9.38. The predicted molar refractivity (Wildman–Crippen MR) is 103 cm³/mol. The van der Waals surface area contributed by atoms with Crippen LogP contribution in [0.15, 0.2) is 48.5 Å². The van der Waals surface area contributed by atoms with Crippen molar-refractivity contribution in [1.29, 1.82) is 0 Å². The maximum Gasteiger partial charge on any atom is 0.227 e. The highest BCUT2D eigenvalue weighted by Gasteiger charge is 2.20. The molecule has 3 nitrogen and oxygen atoms in total. The van der Waals surface area contributed by atoms with E-state index in [0.29, 0.717) is 21.8 Å². The molecule has 0 saturated carbocycles. The van der Waals surface area contributed by atoms with Gasteiger partial charge in [-0.1, -0.05) is 68.6 Å². The van der Waals surface area contributed by atoms with Gasteiger partial charge in [-0.05, 0) is 31.0 Å². The van der Waals surface area contributed by atoms with E-state index in [-0.39, 0.29) is 17.6 Å². The largest absolute Gasteiger partial charge is 0.325 e. The SMILES string of the molecule is CCCC[C@@H](CC)C(=O)Nc1ccc(Cl)cc1C(=O)c1ccccc1. The number of hydrogen-bond donors (Lipinski definition) is 1. The molecule has 0 unspecified atom stereocenters. The summed E-state index contributed by atoms with van der Waals surface area (Å²) in [6.45, 7) is 4.12. The quantitative estimate of drug-likeness (QED) is 0.613. The summed E-state index contributed by atoms with van der Waals surface area (Å²) >= 11 is 6.08. The van der Waals surface area contributed by atoms with Gasteiger partial charge in [0.05, 0.1) is 5.69 Å². The van der Waals surface area contributed by atoms with Gasteiger partial charge in [-0.15, -0.1) is 0 Å². The first-order valence-corrected chi connectivity index (χ1v) is 9.14. The van der Waals surface area contributed by atoms with E-state index in [1.165, 1.54) is 0 Å². The molecule has 0 spiro atoms. The summed E-state index contributed by atoms with van der Waals surface area (Å²) in [5, 5.41) is 3.40. The fourth-order valence-electron chi connectivity index (χ4n) is 2.76. The molecule has 1 N–H and O–H groups in total. The summed E-state index contributed by atoms with van der Waals surface area (Å²) in [6, 6.07) is 14.0. The maximum atomic E-state index is 12.8. The molecule has 0 aliphatic carbocycles. The Kier molecular flexibility index (Phi) is 7.20. The number of ketones is 1. The molecule has 132 valence electrons. The van der Waals surface area contributed by atoms with Crippen molar-refractivity contribution < 1.29 is 9.59 Å². The van der Waals surface area contributed by atoms with Crippen molar-refractivity contribution >= 4 is 29.0 Å². The average molecular weight is 358 g/mol. The fraction of sp³-hybridized carbons (Fsp3) is 0.333. The number of carbonyl (C=O) groups is 2. The van der Waals surface area contributed by atoms with Gasteiger partial charge in [0, 0.05) is 22.1 Å². The Morgan fingerprint density at radius 2 is 1.80 bits per heavy atom. The molecule has 0 aliphatic rings. The third kappa shape index (κ3) is 5.17. The van der Waals surface area contributed by atoms with E-state index in [4.69, 9.17) is 11.6 Å². The highest BCUT2D eigenvalue weighted by Crippen LogP contribution is 2.25. The van der Waals surface area contributed by atoms with Crippen molar-refractivity contribution in [3.05, 3.63) is 64.7 Å². The van der Waals surface area contributed by atoms with Crippen LogP contribution in [0.5, 0.6) is 0 Å². The van der Waals surface area contributed by atoms with Crippen LogP contribution in [0.4, 0.5) is 5.69 Å². The maximum absolute atomic E-state index is 12.8. The number of carbonyl (C=O) groups excluding carboxylic acids is 2. The van der Waals surface area contributed by atoms with Crippen molar-refractivity contribution in [2.75, 3.05) is 5.32 Å². The number of nitrogens with one attached hydrogen (secondary N) is 1. The van der Waals surface area contributed by atoms with Crippen LogP contribution in [0.1, 0.15) is 55.5 Å². The second-order valence-electron chi connectivity index (χ2n) is 6.12. The first-order chi connectivity index (χ1) is 12.1. The lowest BCUT2D eigenvalue weighted by Crippen LogP contribution is -2.23. The summed E-state index contributed by atoms with van der Waals surface area (Å²) in [4.78, 5) is 25.4. The zero-order valence-electron chi connectivity index (χ0n) is 14.7. The summed E-state index contributed by atoms with van der Waals surface area (Å²) in [6.07, 6.45) is 3.71. The highest BCUT2D eigenvalue weighted by molar-refractivity contribution is 6.31. The van der Waals surface area contributed by atoms with Gasteiger partial charge < -0.3 is 5.32 Å². The van der Waals surface area contributed by atoms with Gasteiger partial charge >= 0.3 is 0 Å². The van der Waals surface area contributed by atoms with Crippen LogP contribution in [0.25, 0.3) is 0 Å². The Labute approximate surface area is 154 Å². The molecule has 0 radical (unpaired) electrons. The molecule has 0 saturated heterocycles. The number of hydrogen-bond acceptors (Lipinski definition) is 2. The second-order valence-corrected chi connectivity index (χ2v) is 6.56. The van der Waals surface area contributed by atoms with Crippen LogP contribution in [0.2, 0.25) is 5.02 Å². The van der Waals surface area contributed by atoms with E-state index in [0.717, 1.165) is 25.7 Å². The first-order valence-electron chi connectivity index (χ1n) is 8.77. The van der Waals surface area contributed by atoms with Crippen molar-refractivity contribution in [2.45, 2.75) is 39.5 Å². The standard InChI is InChI=1S/C21H24ClNO2/c1-3-5-9-15(4-2)21(25)23-19-13-12-17(22)14-18(19)20(24)16-10-7-6-8-11-16/h6-8,10-15H,3-5,9H2,1-2H3,(H,23,25)/t15-/m1/s1. The van der Waals surface area contributed by atoms with Gasteiger partial charge in [-0.25, -0.2) is 0 Å². The molecule has 2 rings (SSSR count). The molecule has 2 aromatic rings. The zero-order valence-corrected chi connectivity index (χ0v) is 15.5. The van der Waals surface area contributed by atoms with Gasteiger partial charge in [-0.2, -0.15) is 0 Å². The van der Waals surface area contributed by atoms with Crippen molar-refractivity contribution in [1.82, 2.24) is 0 Å². The molecular formula is C21H24ClNO2. The van der Waals surface area contributed by atoms with Crippen LogP contribution < -0.4 is 5.32 Å². The van der Waals surface area contributed by atoms with Crippen LogP contribution in [-0.4, -0.2) is 11.7 Å². The molecule has 25 heavy (non-hydrogen) atoms. The van der Waals surface area contributed by atoms with Crippen molar-refractivity contribution in [3.8, 4) is 0 Å².